The van der Waals surface area contributed by atoms with Crippen LogP contribution >= 0.6 is 11.6 Å². The molecule has 0 aliphatic carbocycles. The van der Waals surface area contributed by atoms with Crippen LogP contribution in [0.5, 0.6) is 5.75 Å². The Morgan fingerprint density at radius 3 is 2.88 bits per heavy atom. The molecule has 0 bridgehead atoms. The van der Waals surface area contributed by atoms with Crippen LogP contribution in [0.1, 0.15) is 5.69 Å². The molecule has 0 fully saturated rings. The van der Waals surface area contributed by atoms with Crippen LogP contribution in [0, 0.1) is 0 Å². The van der Waals surface area contributed by atoms with Crippen LogP contribution in [0.2, 0.25) is 5.02 Å². The molecule has 7 nitrogen and oxygen atoms in total. The summed E-state index contributed by atoms with van der Waals surface area (Å²) < 4.78 is 7.40. The molecule has 3 aromatic heterocycles. The van der Waals surface area contributed by atoms with Gasteiger partial charge in [0, 0.05) is 18.1 Å². The van der Waals surface area contributed by atoms with Crippen molar-refractivity contribution in [3.05, 3.63) is 71.9 Å². The number of anilines is 3. The molecule has 8 heteroatoms. The normalized spacial score (nSPS) is 10.8. The van der Waals surface area contributed by atoms with Crippen LogP contribution in [0.3, 0.4) is 0 Å². The number of nitrogens with one attached hydrogen (secondary N) is 1. The van der Waals surface area contributed by atoms with Crippen LogP contribution in [0.25, 0.3) is 5.52 Å². The van der Waals surface area contributed by atoms with Gasteiger partial charge in [-0.1, -0.05) is 17.7 Å². The van der Waals surface area contributed by atoms with Gasteiger partial charge in [-0.2, -0.15) is 5.10 Å². The van der Waals surface area contributed by atoms with Crippen LogP contribution in [-0.4, -0.2) is 19.6 Å². The van der Waals surface area contributed by atoms with Crippen LogP contribution in [-0.2, 0) is 6.61 Å². The number of nitrogen functional groups attached to an aromatic ring is 1. The molecule has 0 radical (unpaired) electrons. The topological polar surface area (TPSA) is 90.4 Å². The molecule has 3 heterocycles. The number of nitrogens with zero attached hydrogens (tertiary/aromatic N) is 4. The minimum atomic E-state index is 0.348. The Kier molecular flexibility index (Phi) is 4.28. The van der Waals surface area contributed by atoms with Crippen LogP contribution in [0.15, 0.2) is 61.2 Å². The SMILES string of the molecule is Nc1ccn2ncnc(Nc3ccc(OCc4ccccn4)c(Cl)c3)c12. The first kappa shape index (κ1) is 16.2. The fourth-order valence-electron chi connectivity index (χ4n) is 2.54. The number of ether oxygens (including phenoxy) is 1. The van der Waals surface area contributed by atoms with Crippen molar-refractivity contribution < 1.29 is 4.74 Å². The highest BCUT2D eigenvalue weighted by atomic mass is 35.5. The molecule has 0 saturated heterocycles. The van der Waals surface area contributed by atoms with Gasteiger partial charge in [0.1, 0.15) is 24.2 Å². The molecule has 0 aliphatic rings. The first-order valence-electron chi connectivity index (χ1n) is 7.88. The van der Waals surface area contributed by atoms with E-state index in [2.05, 4.69) is 20.4 Å². The van der Waals surface area contributed by atoms with E-state index in [9.17, 15) is 0 Å². The number of benzene rings is 1. The van der Waals surface area contributed by atoms with Crippen molar-refractivity contribution >= 4 is 34.3 Å². The molecular formula is C18H15ClN6O. The molecule has 0 aliphatic heterocycles. The van der Waals surface area contributed by atoms with Crippen molar-refractivity contribution in [2.24, 2.45) is 0 Å². The molecule has 130 valence electrons. The van der Waals surface area contributed by atoms with Gasteiger partial charge in [-0.25, -0.2) is 9.50 Å². The molecule has 4 aromatic rings. The Morgan fingerprint density at radius 1 is 1.15 bits per heavy atom. The molecule has 0 amide bonds. The van der Waals surface area contributed by atoms with E-state index >= 15 is 0 Å². The average Bonchev–Trinajstić information content (AvgIpc) is 3.04. The Bertz CT molecular complexity index is 1050. The summed E-state index contributed by atoms with van der Waals surface area (Å²) >= 11 is 6.34. The van der Waals surface area contributed by atoms with Gasteiger partial charge in [-0.3, -0.25) is 4.98 Å². The Labute approximate surface area is 154 Å². The summed E-state index contributed by atoms with van der Waals surface area (Å²) in [6.45, 7) is 0.348. The fourth-order valence-corrected chi connectivity index (χ4v) is 2.77. The van der Waals surface area contributed by atoms with E-state index < -0.39 is 0 Å². The van der Waals surface area contributed by atoms with Gasteiger partial charge in [-0.15, -0.1) is 0 Å². The van der Waals surface area contributed by atoms with Crippen LogP contribution in [0.4, 0.5) is 17.2 Å². The molecule has 3 N–H and O–H groups in total. The van der Waals surface area contributed by atoms with Crippen molar-refractivity contribution in [2.75, 3.05) is 11.1 Å². The van der Waals surface area contributed by atoms with Crippen molar-refractivity contribution in [3.8, 4) is 5.75 Å². The third-order valence-electron chi connectivity index (χ3n) is 3.78. The Balaban J connectivity index is 1.53. The number of hydrogen-bond donors (Lipinski definition) is 2. The first-order valence-corrected chi connectivity index (χ1v) is 8.25. The molecule has 0 unspecified atom stereocenters. The van der Waals surface area contributed by atoms with Crippen molar-refractivity contribution in [2.45, 2.75) is 6.61 Å². The lowest BCUT2D eigenvalue weighted by molar-refractivity contribution is 0.301. The van der Waals surface area contributed by atoms with E-state index in [1.54, 1.807) is 35.1 Å². The zero-order valence-electron chi connectivity index (χ0n) is 13.6. The van der Waals surface area contributed by atoms with Gasteiger partial charge in [0.2, 0.25) is 0 Å². The lowest BCUT2D eigenvalue weighted by Gasteiger charge is -2.11. The van der Waals surface area contributed by atoms with Gasteiger partial charge in [0.15, 0.2) is 5.82 Å². The zero-order valence-corrected chi connectivity index (χ0v) is 14.4. The summed E-state index contributed by atoms with van der Waals surface area (Å²) in [7, 11) is 0. The summed E-state index contributed by atoms with van der Waals surface area (Å²) in [6.07, 6.45) is 4.96. The molecule has 26 heavy (non-hydrogen) atoms. The third-order valence-corrected chi connectivity index (χ3v) is 4.08. The van der Waals surface area contributed by atoms with E-state index in [1.807, 2.05) is 24.3 Å². The van der Waals surface area contributed by atoms with E-state index in [-0.39, 0.29) is 0 Å². The number of fused-ring (bicyclic) bond motifs is 1. The van der Waals surface area contributed by atoms with Gasteiger partial charge < -0.3 is 15.8 Å². The average molecular weight is 367 g/mol. The number of halogens is 1. The van der Waals surface area contributed by atoms with Crippen molar-refractivity contribution in [1.82, 2.24) is 19.6 Å². The van der Waals surface area contributed by atoms with Gasteiger partial charge >= 0.3 is 0 Å². The monoisotopic (exact) mass is 366 g/mol. The largest absolute Gasteiger partial charge is 0.486 e. The molecular weight excluding hydrogens is 352 g/mol. The van der Waals surface area contributed by atoms with Crippen LogP contribution < -0.4 is 15.8 Å². The number of aromatic nitrogens is 4. The second-order valence-electron chi connectivity index (χ2n) is 5.55. The molecule has 0 saturated carbocycles. The molecule has 1 aromatic carbocycles. The molecule has 0 spiro atoms. The maximum Gasteiger partial charge on any atom is 0.160 e. The summed E-state index contributed by atoms with van der Waals surface area (Å²) in [5, 5.41) is 7.82. The van der Waals surface area contributed by atoms with Gasteiger partial charge in [0.05, 0.1) is 16.4 Å². The summed E-state index contributed by atoms with van der Waals surface area (Å²) in [6, 6.07) is 12.9. The summed E-state index contributed by atoms with van der Waals surface area (Å²) in [4.78, 5) is 8.48. The zero-order chi connectivity index (χ0) is 17.9. The minimum Gasteiger partial charge on any atom is -0.486 e. The summed E-state index contributed by atoms with van der Waals surface area (Å²) in [5.74, 6) is 1.18. The lowest BCUT2D eigenvalue weighted by Crippen LogP contribution is -2.01. The van der Waals surface area contributed by atoms with E-state index in [0.717, 1.165) is 11.4 Å². The van der Waals surface area contributed by atoms with E-state index in [4.69, 9.17) is 22.1 Å². The molecule has 0 atom stereocenters. The number of pyridine rings is 1. The fraction of sp³-hybridized carbons (Fsp3) is 0.0556. The van der Waals surface area contributed by atoms with Crippen molar-refractivity contribution in [1.29, 1.82) is 0 Å². The second-order valence-corrected chi connectivity index (χ2v) is 5.96. The lowest BCUT2D eigenvalue weighted by atomic mass is 10.3. The van der Waals surface area contributed by atoms with Gasteiger partial charge in [-0.05, 0) is 36.4 Å². The van der Waals surface area contributed by atoms with E-state index in [0.29, 0.717) is 34.4 Å². The minimum absolute atomic E-state index is 0.348. The number of nitrogens with two attached hydrogens (primary N) is 1. The Morgan fingerprint density at radius 2 is 2.08 bits per heavy atom. The molecule has 4 rings (SSSR count). The number of rotatable bonds is 5. The third kappa shape index (κ3) is 3.25. The highest BCUT2D eigenvalue weighted by molar-refractivity contribution is 6.32. The highest BCUT2D eigenvalue weighted by Crippen LogP contribution is 2.31. The standard InChI is InChI=1S/C18H15ClN6O/c19-14-9-12(4-5-16(14)26-10-13-3-1-2-7-21-13)24-18-17-15(20)6-8-25(17)23-11-22-18/h1-9,11H,10,20H2,(H,22,23,24). The second kappa shape index (κ2) is 6.89. The van der Waals surface area contributed by atoms with E-state index in [1.165, 1.54) is 6.33 Å². The van der Waals surface area contributed by atoms with Gasteiger partial charge in [0.25, 0.3) is 0 Å². The smallest absolute Gasteiger partial charge is 0.160 e. The first-order chi connectivity index (χ1) is 12.7. The highest BCUT2D eigenvalue weighted by Gasteiger charge is 2.10. The summed E-state index contributed by atoms with van der Waals surface area (Å²) in [5.41, 5.74) is 8.88. The number of hydrogen-bond acceptors (Lipinski definition) is 6. The van der Waals surface area contributed by atoms with Crippen molar-refractivity contribution in [3.63, 3.8) is 0 Å². The quantitative estimate of drug-likeness (QED) is 0.560. The Hall–Kier alpha value is -3.32. The maximum atomic E-state index is 6.34. The predicted octanol–water partition coefficient (Wildman–Crippen LogP) is 3.68. The predicted molar refractivity (Wildman–Crippen MR) is 101 cm³/mol. The maximum absolute atomic E-state index is 6.34.